The zero-order valence-electron chi connectivity index (χ0n) is 18.3. The molecule has 0 atom stereocenters. The van der Waals surface area contributed by atoms with Gasteiger partial charge in [0.15, 0.2) is 5.75 Å². The van der Waals surface area contributed by atoms with Crippen molar-refractivity contribution in [3.8, 4) is 70.8 Å². The SMILES string of the molecule is C#CC#CC#CC#COc1ccc(-c2ccc(OC(=O)c3ccc(CCCC)s3)c(F)n2)cc1.[HH].[HH].[HH].[HH].[HH].[HH].[HH].[HH]. The number of hydrogen-bond acceptors (Lipinski definition) is 5. The number of nitrogens with zero attached hydrogens (tertiary/aromatic N) is 1. The first-order valence-corrected chi connectivity index (χ1v) is 11.1. The summed E-state index contributed by atoms with van der Waals surface area (Å²) < 4.78 is 25.0. The number of ether oxygens (including phenoxy) is 2. The van der Waals surface area contributed by atoms with Crippen LogP contribution >= 0.6 is 11.3 Å². The highest BCUT2D eigenvalue weighted by Crippen LogP contribution is 2.26. The summed E-state index contributed by atoms with van der Waals surface area (Å²) in [6.07, 6.45) is 10.4. The van der Waals surface area contributed by atoms with Crippen LogP contribution in [0.1, 0.15) is 45.7 Å². The maximum atomic E-state index is 14.5. The average molecular weight is 484 g/mol. The first-order chi connectivity index (χ1) is 16.6. The number of hydrogen-bond donors (Lipinski definition) is 0. The predicted octanol–water partition coefficient (Wildman–Crippen LogP) is 7.46. The molecule has 0 radical (unpaired) electrons. The molecule has 0 saturated carbocycles. The van der Waals surface area contributed by atoms with Gasteiger partial charge >= 0.3 is 5.97 Å². The molecule has 2 aromatic heterocycles. The van der Waals surface area contributed by atoms with Crippen molar-refractivity contribution in [2.45, 2.75) is 26.2 Å². The molecule has 2 heterocycles. The van der Waals surface area contributed by atoms with E-state index in [1.54, 1.807) is 36.4 Å². The Morgan fingerprint density at radius 2 is 1.82 bits per heavy atom. The number of terminal acetylenes is 1. The highest BCUT2D eigenvalue weighted by Gasteiger charge is 2.16. The van der Waals surface area contributed by atoms with Crippen LogP contribution in [0.3, 0.4) is 0 Å². The van der Waals surface area contributed by atoms with E-state index in [1.165, 1.54) is 17.4 Å². The van der Waals surface area contributed by atoms with Crippen LogP contribution in [-0.4, -0.2) is 11.0 Å². The zero-order valence-corrected chi connectivity index (χ0v) is 19.1. The second kappa shape index (κ2) is 12.5. The van der Waals surface area contributed by atoms with E-state index in [0.29, 0.717) is 21.9 Å². The van der Waals surface area contributed by atoms with E-state index in [2.05, 4.69) is 53.5 Å². The van der Waals surface area contributed by atoms with Gasteiger partial charge in [-0.15, -0.1) is 17.8 Å². The van der Waals surface area contributed by atoms with Gasteiger partial charge in [0.1, 0.15) is 16.7 Å². The van der Waals surface area contributed by atoms with Gasteiger partial charge in [0, 0.05) is 39.6 Å². The maximum Gasteiger partial charge on any atom is 0.353 e. The third kappa shape index (κ3) is 7.01. The van der Waals surface area contributed by atoms with Gasteiger partial charge < -0.3 is 9.47 Å². The van der Waals surface area contributed by atoms with E-state index in [4.69, 9.17) is 15.9 Å². The Hall–Kier alpha value is -4.49. The Bertz CT molecular complexity index is 1430. The van der Waals surface area contributed by atoms with Gasteiger partial charge in [0.25, 0.3) is 5.95 Å². The van der Waals surface area contributed by atoms with Crippen molar-refractivity contribution in [3.63, 3.8) is 0 Å². The van der Waals surface area contributed by atoms with E-state index in [1.807, 2.05) is 6.07 Å². The standard InChI is InChI=1S/C28H18FNO3S.8H2/c1-3-5-7-8-9-10-20-32-22-14-12-21(13-15-22)24-17-18-25(27(29)30-24)33-28(31)26-19-16-23(34-26)11-6-4-2;;;;;;;;/h1,12-19H,4,6,11H2,2H3;8*1H. The lowest BCUT2D eigenvalue weighted by Gasteiger charge is -2.06. The molecular formula is C28H34FNO3S. The van der Waals surface area contributed by atoms with Crippen molar-refractivity contribution in [2.75, 3.05) is 0 Å². The minimum atomic E-state index is -0.869. The molecule has 0 amide bonds. The topological polar surface area (TPSA) is 48.4 Å². The predicted molar refractivity (Wildman–Crippen MR) is 147 cm³/mol. The molecule has 34 heavy (non-hydrogen) atoms. The highest BCUT2D eigenvalue weighted by atomic mass is 32.1. The first kappa shape index (κ1) is 24.2. The van der Waals surface area contributed by atoms with Crippen LogP contribution < -0.4 is 9.47 Å². The lowest BCUT2D eigenvalue weighted by molar-refractivity contribution is 0.0731. The van der Waals surface area contributed by atoms with E-state index in [-0.39, 0.29) is 17.2 Å². The Kier molecular flexibility index (Phi) is 8.90. The van der Waals surface area contributed by atoms with Gasteiger partial charge in [-0.1, -0.05) is 13.3 Å². The van der Waals surface area contributed by atoms with Crippen LogP contribution in [-0.2, 0) is 6.42 Å². The number of rotatable bonds is 7. The summed E-state index contributed by atoms with van der Waals surface area (Å²) in [6.45, 7) is 2.11. The first-order valence-electron chi connectivity index (χ1n) is 10.3. The number of unbranched alkanes of at least 4 members (excludes halogenated alkanes) is 1. The molecule has 4 nitrogen and oxygen atoms in total. The number of aryl methyl sites for hydroxylation is 1. The van der Waals surface area contributed by atoms with Crippen LogP contribution in [0.15, 0.2) is 48.5 Å². The highest BCUT2D eigenvalue weighted by molar-refractivity contribution is 7.13. The number of halogens is 1. The van der Waals surface area contributed by atoms with Crippen molar-refractivity contribution in [3.05, 3.63) is 64.2 Å². The minimum absolute atomic E-state index is 0. The van der Waals surface area contributed by atoms with Gasteiger partial charge in [0.2, 0.25) is 0 Å². The minimum Gasteiger partial charge on any atom is -0.417 e. The Labute approximate surface area is 214 Å². The van der Waals surface area contributed by atoms with Gasteiger partial charge in [0.05, 0.1) is 5.69 Å². The van der Waals surface area contributed by atoms with Crippen LogP contribution in [0.5, 0.6) is 11.5 Å². The lowest BCUT2D eigenvalue weighted by atomic mass is 10.1. The molecule has 0 aliphatic heterocycles. The number of thiophene rings is 1. The Morgan fingerprint density at radius 1 is 1.06 bits per heavy atom. The average Bonchev–Trinajstić information content (AvgIpc) is 3.33. The summed E-state index contributed by atoms with van der Waals surface area (Å²) in [7, 11) is 0. The molecule has 0 fully saturated rings. The van der Waals surface area contributed by atoms with Crippen molar-refractivity contribution < 1.29 is 30.1 Å². The molecule has 0 aliphatic carbocycles. The Morgan fingerprint density at radius 3 is 2.56 bits per heavy atom. The summed E-state index contributed by atoms with van der Waals surface area (Å²) in [5.74, 6) is 13.1. The van der Waals surface area contributed by atoms with E-state index < -0.39 is 11.9 Å². The molecule has 3 rings (SSSR count). The number of pyridine rings is 1. The lowest BCUT2D eigenvalue weighted by Crippen LogP contribution is -2.08. The molecule has 1 aromatic carbocycles. The fraction of sp³-hybridized carbons (Fsp3) is 0.143. The van der Waals surface area contributed by atoms with Crippen LogP contribution in [0, 0.1) is 54.0 Å². The maximum absolute atomic E-state index is 14.5. The zero-order chi connectivity index (χ0) is 24.2. The van der Waals surface area contributed by atoms with Crippen molar-refractivity contribution in [2.24, 2.45) is 0 Å². The summed E-state index contributed by atoms with van der Waals surface area (Å²) in [4.78, 5) is 17.8. The Balaban J connectivity index is -0.000000405. The van der Waals surface area contributed by atoms with Crippen molar-refractivity contribution in [1.82, 2.24) is 4.98 Å². The molecule has 6 heteroatoms. The van der Waals surface area contributed by atoms with Crippen LogP contribution in [0.25, 0.3) is 11.3 Å². The largest absolute Gasteiger partial charge is 0.417 e. The van der Waals surface area contributed by atoms with Gasteiger partial charge in [-0.3, -0.25) is 0 Å². The van der Waals surface area contributed by atoms with E-state index >= 15 is 0 Å². The number of carbonyl (C=O) groups excluding carboxylic acids is 1. The molecule has 0 unspecified atom stereocenters. The molecule has 3 aromatic rings. The summed E-state index contributed by atoms with van der Waals surface area (Å²) in [5, 5.41) is 0. The molecule has 0 spiro atoms. The van der Waals surface area contributed by atoms with Crippen molar-refractivity contribution in [1.29, 1.82) is 0 Å². The van der Waals surface area contributed by atoms with Crippen molar-refractivity contribution >= 4 is 17.3 Å². The molecule has 0 aliphatic rings. The molecule has 0 saturated heterocycles. The summed E-state index contributed by atoms with van der Waals surface area (Å²) in [6, 6.07) is 13.3. The third-order valence-corrected chi connectivity index (χ3v) is 5.47. The smallest absolute Gasteiger partial charge is 0.353 e. The molecule has 0 N–H and O–H groups in total. The second-order valence-corrected chi connectivity index (χ2v) is 7.91. The molecule has 0 bridgehead atoms. The van der Waals surface area contributed by atoms with Crippen LogP contribution in [0.4, 0.5) is 4.39 Å². The van der Waals surface area contributed by atoms with Crippen LogP contribution in [0.2, 0.25) is 0 Å². The summed E-state index contributed by atoms with van der Waals surface area (Å²) in [5.41, 5.74) is 1.03. The van der Waals surface area contributed by atoms with Gasteiger partial charge in [-0.05, 0) is 79.1 Å². The molecular weight excluding hydrogens is 449 g/mol. The second-order valence-electron chi connectivity index (χ2n) is 6.74. The number of esters is 1. The number of benzene rings is 1. The van der Waals surface area contributed by atoms with E-state index in [9.17, 15) is 9.18 Å². The number of aromatic nitrogens is 1. The van der Waals surface area contributed by atoms with Gasteiger partial charge in [-0.25, -0.2) is 9.78 Å². The fourth-order valence-corrected chi connectivity index (χ4v) is 3.64. The van der Waals surface area contributed by atoms with Gasteiger partial charge in [-0.2, -0.15) is 4.39 Å². The monoisotopic (exact) mass is 483 g/mol. The summed E-state index contributed by atoms with van der Waals surface area (Å²) >= 11 is 1.36. The normalized spacial score (nSPS) is 9.21. The quantitative estimate of drug-likeness (QED) is 0.199. The third-order valence-electron chi connectivity index (χ3n) is 4.35. The number of carbonyl (C=O) groups is 1. The van der Waals surface area contributed by atoms with E-state index in [0.717, 1.165) is 24.1 Å². The fourth-order valence-electron chi connectivity index (χ4n) is 2.72. The molecule has 182 valence electrons.